The van der Waals surface area contributed by atoms with E-state index in [9.17, 15) is 0 Å². The molecule has 80 valence electrons. The van der Waals surface area contributed by atoms with Crippen molar-refractivity contribution in [3.63, 3.8) is 0 Å². The smallest absolute Gasteiger partial charge is 0.0270 e. The van der Waals surface area contributed by atoms with Crippen LogP contribution in [0.1, 0.15) is 32.6 Å². The van der Waals surface area contributed by atoms with Crippen LogP contribution in [0.5, 0.6) is 0 Å². The summed E-state index contributed by atoms with van der Waals surface area (Å²) in [6.07, 6.45) is 5.23. The molecule has 0 bridgehead atoms. The summed E-state index contributed by atoms with van der Waals surface area (Å²) in [5.74, 6) is 0.939. The van der Waals surface area contributed by atoms with Gasteiger partial charge in [-0.15, -0.1) is 0 Å². The fourth-order valence-corrected chi connectivity index (χ4v) is 1.83. The summed E-state index contributed by atoms with van der Waals surface area (Å²) >= 11 is 0. The van der Waals surface area contributed by atoms with Gasteiger partial charge in [0.05, 0.1) is 0 Å². The van der Waals surface area contributed by atoms with Crippen molar-refractivity contribution in [2.45, 2.75) is 32.6 Å². The Balaban J connectivity index is 2.07. The third-order valence-corrected chi connectivity index (χ3v) is 2.98. The van der Waals surface area contributed by atoms with Crippen LogP contribution >= 0.6 is 0 Å². The first-order valence-electron chi connectivity index (χ1n) is 5.60. The summed E-state index contributed by atoms with van der Waals surface area (Å²) in [7, 11) is 0. The lowest BCUT2D eigenvalue weighted by Gasteiger charge is -2.31. The van der Waals surface area contributed by atoms with Crippen LogP contribution in [0.4, 0.5) is 0 Å². The average Bonchev–Trinajstić information content (AvgIpc) is 2.14. The van der Waals surface area contributed by atoms with Crippen LogP contribution in [-0.4, -0.2) is 31.1 Å². The van der Waals surface area contributed by atoms with Crippen LogP contribution < -0.4 is 0 Å². The molecule has 1 aliphatic rings. The Kier molecular flexibility index (Phi) is 5.42. The Morgan fingerprint density at radius 2 is 2.29 bits per heavy atom. The lowest BCUT2D eigenvalue weighted by Crippen LogP contribution is -2.33. The van der Waals surface area contributed by atoms with E-state index in [-0.39, 0.29) is 0 Å². The highest BCUT2D eigenvalue weighted by Crippen LogP contribution is 2.26. The fraction of sp³-hybridized carbons (Fsp3) is 1.00. The molecule has 0 N–H and O–H groups in total. The number of azide groups is 1. The van der Waals surface area contributed by atoms with Crippen molar-refractivity contribution in [3.8, 4) is 0 Å². The van der Waals surface area contributed by atoms with E-state index >= 15 is 0 Å². The molecule has 1 aliphatic carbocycles. The van der Waals surface area contributed by atoms with E-state index in [0.717, 1.165) is 25.4 Å². The lowest BCUT2D eigenvalue weighted by atomic mass is 9.85. The molecule has 14 heavy (non-hydrogen) atoms. The molecule has 0 radical (unpaired) electrons. The van der Waals surface area contributed by atoms with Crippen LogP contribution in [0.15, 0.2) is 5.11 Å². The highest BCUT2D eigenvalue weighted by molar-refractivity contribution is 4.73. The molecule has 1 fully saturated rings. The van der Waals surface area contributed by atoms with E-state index in [1.165, 1.54) is 25.8 Å². The van der Waals surface area contributed by atoms with E-state index in [1.54, 1.807) is 0 Å². The second kappa shape index (κ2) is 6.68. The van der Waals surface area contributed by atoms with E-state index in [1.807, 2.05) is 0 Å². The molecule has 1 rings (SSSR count). The van der Waals surface area contributed by atoms with Gasteiger partial charge in [0.1, 0.15) is 0 Å². The SMILES string of the molecule is CCN(CCCN=[N+]=[N-])CC1CCC1. The molecular weight excluding hydrogens is 176 g/mol. The fourth-order valence-electron chi connectivity index (χ4n) is 1.83. The lowest BCUT2D eigenvalue weighted by molar-refractivity contribution is 0.183. The molecule has 0 aromatic heterocycles. The average molecular weight is 196 g/mol. The predicted octanol–water partition coefficient (Wildman–Crippen LogP) is 2.81. The summed E-state index contributed by atoms with van der Waals surface area (Å²) in [6, 6.07) is 0. The van der Waals surface area contributed by atoms with E-state index in [0.29, 0.717) is 6.54 Å². The first-order valence-corrected chi connectivity index (χ1v) is 5.60. The maximum atomic E-state index is 8.13. The van der Waals surface area contributed by atoms with Crippen molar-refractivity contribution < 1.29 is 0 Å². The molecule has 0 aromatic rings. The highest BCUT2D eigenvalue weighted by atomic mass is 15.1. The zero-order valence-corrected chi connectivity index (χ0v) is 9.02. The molecule has 0 aromatic carbocycles. The van der Waals surface area contributed by atoms with Crippen LogP contribution in [0.3, 0.4) is 0 Å². The monoisotopic (exact) mass is 196 g/mol. The molecule has 0 aliphatic heterocycles. The zero-order valence-electron chi connectivity index (χ0n) is 9.02. The van der Waals surface area contributed by atoms with Gasteiger partial charge in [-0.2, -0.15) is 0 Å². The number of hydrogen-bond donors (Lipinski definition) is 0. The van der Waals surface area contributed by atoms with E-state index in [4.69, 9.17) is 5.53 Å². The van der Waals surface area contributed by atoms with Gasteiger partial charge >= 0.3 is 0 Å². The van der Waals surface area contributed by atoms with Crippen LogP contribution in [0.2, 0.25) is 0 Å². The minimum absolute atomic E-state index is 0.637. The van der Waals surface area contributed by atoms with Gasteiger partial charge in [-0.3, -0.25) is 0 Å². The summed E-state index contributed by atoms with van der Waals surface area (Å²) in [6.45, 7) is 6.27. The Morgan fingerprint density at radius 1 is 1.50 bits per heavy atom. The largest absolute Gasteiger partial charge is 0.303 e. The van der Waals surface area contributed by atoms with Crippen molar-refractivity contribution in [2.24, 2.45) is 11.0 Å². The predicted molar refractivity (Wildman–Crippen MR) is 58.1 cm³/mol. The van der Waals surface area contributed by atoms with Gasteiger partial charge in [0, 0.05) is 18.0 Å². The molecular formula is C10H20N4. The molecule has 4 heteroatoms. The molecule has 4 nitrogen and oxygen atoms in total. The molecule has 0 unspecified atom stereocenters. The Bertz CT molecular complexity index is 194. The maximum absolute atomic E-state index is 8.13. The van der Waals surface area contributed by atoms with Crippen LogP contribution in [0, 0.1) is 5.92 Å². The summed E-state index contributed by atoms with van der Waals surface area (Å²) in [5.41, 5.74) is 8.13. The quantitative estimate of drug-likeness (QED) is 0.267. The van der Waals surface area contributed by atoms with Gasteiger partial charge in [-0.25, -0.2) is 0 Å². The molecule has 0 amide bonds. The van der Waals surface area contributed by atoms with Gasteiger partial charge in [-0.05, 0) is 43.8 Å². The van der Waals surface area contributed by atoms with Crippen LogP contribution in [0.25, 0.3) is 10.4 Å². The summed E-state index contributed by atoms with van der Waals surface area (Å²) in [4.78, 5) is 5.22. The second-order valence-electron chi connectivity index (χ2n) is 4.00. The van der Waals surface area contributed by atoms with Crippen molar-refractivity contribution in [2.75, 3.05) is 26.2 Å². The van der Waals surface area contributed by atoms with Crippen molar-refractivity contribution in [3.05, 3.63) is 10.4 Å². The van der Waals surface area contributed by atoms with Gasteiger partial charge in [0.2, 0.25) is 0 Å². The Morgan fingerprint density at radius 3 is 2.79 bits per heavy atom. The molecule has 0 spiro atoms. The Labute approximate surface area is 85.9 Å². The molecule has 0 heterocycles. The summed E-state index contributed by atoms with van der Waals surface area (Å²) in [5, 5.41) is 3.55. The Hall–Kier alpha value is -0.730. The van der Waals surface area contributed by atoms with Gasteiger partial charge in [-0.1, -0.05) is 18.5 Å². The van der Waals surface area contributed by atoms with Gasteiger partial charge < -0.3 is 4.90 Å². The minimum atomic E-state index is 0.637. The number of nitrogens with zero attached hydrogens (tertiary/aromatic N) is 4. The molecule has 1 saturated carbocycles. The van der Waals surface area contributed by atoms with E-state index < -0.39 is 0 Å². The van der Waals surface area contributed by atoms with Crippen molar-refractivity contribution >= 4 is 0 Å². The molecule has 0 saturated heterocycles. The third kappa shape index (κ3) is 3.99. The van der Waals surface area contributed by atoms with Crippen LogP contribution in [-0.2, 0) is 0 Å². The van der Waals surface area contributed by atoms with Crippen molar-refractivity contribution in [1.29, 1.82) is 0 Å². The van der Waals surface area contributed by atoms with Crippen molar-refractivity contribution in [1.82, 2.24) is 4.90 Å². The first-order chi connectivity index (χ1) is 6.86. The van der Waals surface area contributed by atoms with E-state index in [2.05, 4.69) is 21.8 Å². The first kappa shape index (κ1) is 11.3. The van der Waals surface area contributed by atoms with Gasteiger partial charge in [0.15, 0.2) is 0 Å². The third-order valence-electron chi connectivity index (χ3n) is 2.98. The normalized spacial score (nSPS) is 16.4. The minimum Gasteiger partial charge on any atom is -0.303 e. The van der Waals surface area contributed by atoms with Gasteiger partial charge in [0.25, 0.3) is 0 Å². The zero-order chi connectivity index (χ0) is 10.2. The second-order valence-corrected chi connectivity index (χ2v) is 4.00. The standard InChI is InChI=1S/C10H20N4/c1-2-14(8-4-7-12-13-11)9-10-5-3-6-10/h10H,2-9H2,1H3. The summed E-state index contributed by atoms with van der Waals surface area (Å²) < 4.78 is 0. The number of rotatable bonds is 7. The molecule has 0 atom stereocenters. The maximum Gasteiger partial charge on any atom is 0.0270 e. The number of hydrogen-bond acceptors (Lipinski definition) is 2. The highest BCUT2D eigenvalue weighted by Gasteiger charge is 2.19. The topological polar surface area (TPSA) is 52.0 Å².